The second kappa shape index (κ2) is 6.75. The van der Waals surface area contributed by atoms with Crippen LogP contribution in [0.4, 0.5) is 5.82 Å². The van der Waals surface area contributed by atoms with Gasteiger partial charge in [-0.3, -0.25) is 0 Å². The number of carbonyl (C=O) groups is 1. The lowest BCUT2D eigenvalue weighted by Crippen LogP contribution is -2.31. The molecule has 0 aliphatic rings. The predicted octanol–water partition coefficient (Wildman–Crippen LogP) is 0.695. The third-order valence-electron chi connectivity index (χ3n) is 2.25. The number of aliphatic carboxylic acids is 1. The van der Waals surface area contributed by atoms with Crippen LogP contribution in [0.2, 0.25) is 0 Å². The molecule has 7 nitrogen and oxygen atoms in total. The van der Waals surface area contributed by atoms with E-state index in [1.807, 2.05) is 0 Å². The molecule has 100 valence electrons. The summed E-state index contributed by atoms with van der Waals surface area (Å²) in [5, 5.41) is 11.9. The first-order valence-electron chi connectivity index (χ1n) is 5.44. The zero-order chi connectivity index (χ0) is 13.5. The van der Waals surface area contributed by atoms with Crippen molar-refractivity contribution in [2.75, 3.05) is 26.1 Å². The molecule has 1 aromatic rings. The molecule has 0 spiro atoms. The number of nitrogens with zero attached hydrogens (tertiary/aromatic N) is 2. The Morgan fingerprint density at radius 3 is 2.78 bits per heavy atom. The van der Waals surface area contributed by atoms with Gasteiger partial charge in [-0.15, -0.1) is 0 Å². The number of carboxylic acids is 1. The summed E-state index contributed by atoms with van der Waals surface area (Å²) in [5.74, 6) is 0.360. The fourth-order valence-corrected chi connectivity index (χ4v) is 1.39. The van der Waals surface area contributed by atoms with Gasteiger partial charge in [0.25, 0.3) is 0 Å². The van der Waals surface area contributed by atoms with Gasteiger partial charge in [-0.25, -0.2) is 9.78 Å². The Morgan fingerprint density at radius 1 is 1.50 bits per heavy atom. The minimum Gasteiger partial charge on any atom is -0.481 e. The van der Waals surface area contributed by atoms with Crippen molar-refractivity contribution in [3.8, 4) is 5.88 Å². The van der Waals surface area contributed by atoms with Gasteiger partial charge in [0.2, 0.25) is 5.88 Å². The van der Waals surface area contributed by atoms with E-state index in [4.69, 9.17) is 14.6 Å². The van der Waals surface area contributed by atoms with Gasteiger partial charge in [-0.2, -0.15) is 4.98 Å². The van der Waals surface area contributed by atoms with Gasteiger partial charge in [-0.05, 0) is 6.92 Å². The van der Waals surface area contributed by atoms with Crippen molar-refractivity contribution in [2.24, 2.45) is 0 Å². The molecule has 0 aliphatic carbocycles. The topological polar surface area (TPSA) is 93.6 Å². The fourth-order valence-electron chi connectivity index (χ4n) is 1.39. The van der Waals surface area contributed by atoms with Crippen LogP contribution >= 0.6 is 0 Å². The van der Waals surface area contributed by atoms with Crippen LogP contribution < -0.4 is 10.1 Å². The maximum Gasteiger partial charge on any atom is 0.326 e. The standard InChI is InChI=1S/C11H17N3O4/c1-7-12-9(6-10(13-7)18-3)14-8(11(15)16)4-5-17-2/h6,8H,4-5H2,1-3H3,(H,15,16)(H,12,13,14). The SMILES string of the molecule is COCCC(Nc1cc(OC)nc(C)n1)C(=O)O. The highest BCUT2D eigenvalue weighted by molar-refractivity contribution is 5.76. The largest absolute Gasteiger partial charge is 0.481 e. The maximum absolute atomic E-state index is 11.1. The van der Waals surface area contributed by atoms with Crippen molar-refractivity contribution in [3.63, 3.8) is 0 Å². The molecule has 1 heterocycles. The smallest absolute Gasteiger partial charge is 0.326 e. The number of aromatic nitrogens is 2. The molecule has 1 rings (SSSR count). The molecule has 1 unspecified atom stereocenters. The van der Waals surface area contributed by atoms with E-state index < -0.39 is 12.0 Å². The van der Waals surface area contributed by atoms with Crippen LogP contribution in [0.25, 0.3) is 0 Å². The Bertz CT molecular complexity index is 411. The number of ether oxygens (including phenoxy) is 2. The second-order valence-electron chi connectivity index (χ2n) is 3.66. The van der Waals surface area contributed by atoms with Crippen LogP contribution in [-0.2, 0) is 9.53 Å². The summed E-state index contributed by atoms with van der Waals surface area (Å²) in [6.07, 6.45) is 0.344. The number of nitrogens with one attached hydrogen (secondary N) is 1. The highest BCUT2D eigenvalue weighted by Crippen LogP contribution is 2.14. The normalized spacial score (nSPS) is 11.9. The Hall–Kier alpha value is -1.89. The average Bonchev–Trinajstić information content (AvgIpc) is 2.33. The van der Waals surface area contributed by atoms with Crippen LogP contribution in [0, 0.1) is 6.92 Å². The molecule has 1 atom stereocenters. The highest BCUT2D eigenvalue weighted by Gasteiger charge is 2.17. The highest BCUT2D eigenvalue weighted by atomic mass is 16.5. The van der Waals surface area contributed by atoms with Crippen LogP contribution in [-0.4, -0.2) is 47.9 Å². The van der Waals surface area contributed by atoms with Crippen LogP contribution in [0.1, 0.15) is 12.2 Å². The van der Waals surface area contributed by atoms with E-state index in [1.165, 1.54) is 14.2 Å². The first-order valence-corrected chi connectivity index (χ1v) is 5.44. The number of carboxylic acid groups (broad SMARTS) is 1. The van der Waals surface area contributed by atoms with Gasteiger partial charge in [0, 0.05) is 26.2 Å². The summed E-state index contributed by atoms with van der Waals surface area (Å²) in [4.78, 5) is 19.2. The predicted molar refractivity (Wildman–Crippen MR) is 64.9 cm³/mol. The van der Waals surface area contributed by atoms with Gasteiger partial charge in [0.1, 0.15) is 17.7 Å². The monoisotopic (exact) mass is 255 g/mol. The molecule has 0 aliphatic heterocycles. The first-order chi connectivity index (χ1) is 8.56. The number of anilines is 1. The maximum atomic E-state index is 11.1. The van der Waals surface area contributed by atoms with E-state index in [0.29, 0.717) is 30.5 Å². The third-order valence-corrected chi connectivity index (χ3v) is 2.25. The van der Waals surface area contributed by atoms with E-state index >= 15 is 0 Å². The van der Waals surface area contributed by atoms with Crippen molar-refractivity contribution < 1.29 is 19.4 Å². The van der Waals surface area contributed by atoms with E-state index in [0.717, 1.165) is 0 Å². The van der Waals surface area contributed by atoms with Gasteiger partial charge in [0.15, 0.2) is 0 Å². The molecular formula is C11H17N3O4. The molecular weight excluding hydrogens is 238 g/mol. The zero-order valence-corrected chi connectivity index (χ0v) is 10.6. The van der Waals surface area contributed by atoms with Crippen molar-refractivity contribution in [2.45, 2.75) is 19.4 Å². The number of rotatable bonds is 7. The Balaban J connectivity index is 2.79. The number of methoxy groups -OCH3 is 2. The summed E-state index contributed by atoms with van der Waals surface area (Å²) in [6.45, 7) is 2.06. The molecule has 18 heavy (non-hydrogen) atoms. The van der Waals surface area contributed by atoms with Crippen molar-refractivity contribution in [3.05, 3.63) is 11.9 Å². The Morgan fingerprint density at radius 2 is 2.22 bits per heavy atom. The summed E-state index contributed by atoms with van der Waals surface area (Å²) < 4.78 is 9.86. The molecule has 2 N–H and O–H groups in total. The first kappa shape index (κ1) is 14.2. The molecule has 0 aromatic carbocycles. The Kier molecular flexibility index (Phi) is 5.31. The molecule has 0 saturated carbocycles. The summed E-state index contributed by atoms with van der Waals surface area (Å²) in [6, 6.07) is 0.791. The molecule has 0 fully saturated rings. The molecule has 0 bridgehead atoms. The number of aryl methyl sites for hydroxylation is 1. The fraction of sp³-hybridized carbons (Fsp3) is 0.545. The van der Waals surface area contributed by atoms with E-state index in [1.54, 1.807) is 13.0 Å². The van der Waals surface area contributed by atoms with Crippen LogP contribution in [0.15, 0.2) is 6.07 Å². The summed E-state index contributed by atoms with van der Waals surface area (Å²) >= 11 is 0. The lowest BCUT2D eigenvalue weighted by Gasteiger charge is -2.15. The Labute approximate surface area is 105 Å². The van der Waals surface area contributed by atoms with Crippen molar-refractivity contribution >= 4 is 11.8 Å². The summed E-state index contributed by atoms with van der Waals surface area (Å²) in [5.41, 5.74) is 0. The average molecular weight is 255 g/mol. The van der Waals surface area contributed by atoms with Crippen LogP contribution in [0.5, 0.6) is 5.88 Å². The van der Waals surface area contributed by atoms with E-state index in [-0.39, 0.29) is 0 Å². The molecule has 1 aromatic heterocycles. The summed E-state index contributed by atoms with van der Waals surface area (Å²) in [7, 11) is 3.02. The van der Waals surface area contributed by atoms with E-state index in [9.17, 15) is 4.79 Å². The van der Waals surface area contributed by atoms with Crippen molar-refractivity contribution in [1.29, 1.82) is 0 Å². The van der Waals surface area contributed by atoms with Gasteiger partial charge in [0.05, 0.1) is 7.11 Å². The molecule has 7 heteroatoms. The van der Waals surface area contributed by atoms with Crippen molar-refractivity contribution in [1.82, 2.24) is 9.97 Å². The minimum atomic E-state index is -0.956. The third kappa shape index (κ3) is 4.17. The molecule has 0 radical (unpaired) electrons. The lowest BCUT2D eigenvalue weighted by atomic mass is 10.2. The molecule has 0 amide bonds. The quantitative estimate of drug-likeness (QED) is 0.740. The number of hydrogen-bond donors (Lipinski definition) is 2. The van der Waals surface area contributed by atoms with Gasteiger partial charge < -0.3 is 19.9 Å². The van der Waals surface area contributed by atoms with Gasteiger partial charge in [-0.1, -0.05) is 0 Å². The second-order valence-corrected chi connectivity index (χ2v) is 3.66. The lowest BCUT2D eigenvalue weighted by molar-refractivity contribution is -0.138. The molecule has 0 saturated heterocycles. The van der Waals surface area contributed by atoms with Gasteiger partial charge >= 0.3 is 5.97 Å². The minimum absolute atomic E-state index is 0.344. The zero-order valence-electron chi connectivity index (χ0n) is 10.6. The van der Waals surface area contributed by atoms with E-state index in [2.05, 4.69) is 15.3 Å². The van der Waals surface area contributed by atoms with Crippen LogP contribution in [0.3, 0.4) is 0 Å². The number of hydrogen-bond acceptors (Lipinski definition) is 6.